The van der Waals surface area contributed by atoms with Crippen LogP contribution in [0.1, 0.15) is 32.6 Å². The molecule has 0 aliphatic carbocycles. The van der Waals surface area contributed by atoms with Crippen LogP contribution in [0.25, 0.3) is 0 Å². The maximum Gasteiger partial charge on any atom is 0.338 e. The van der Waals surface area contributed by atoms with Crippen LogP contribution in [-0.2, 0) is 28.7 Å². The van der Waals surface area contributed by atoms with Crippen LogP contribution in [-0.4, -0.2) is 91.6 Å². The summed E-state index contributed by atoms with van der Waals surface area (Å²) in [5, 5.41) is 53.9. The van der Waals surface area contributed by atoms with Gasteiger partial charge in [-0.1, -0.05) is 19.8 Å². The average molecular weight is 396 g/mol. The van der Waals surface area contributed by atoms with Crippen LogP contribution in [0.5, 0.6) is 0 Å². The number of aliphatic hydroxyl groups excluding tert-OH is 4. The molecule has 0 bridgehead atoms. The van der Waals surface area contributed by atoms with Crippen molar-refractivity contribution < 1.29 is 59.3 Å². The highest BCUT2D eigenvalue weighted by atomic mass is 16.6. The molecule has 0 saturated heterocycles. The fraction of sp³-hybridized carbons (Fsp3) is 0.733. The number of esters is 2. The van der Waals surface area contributed by atoms with Crippen molar-refractivity contribution in [3.8, 4) is 0 Å². The van der Waals surface area contributed by atoms with Crippen molar-refractivity contribution in [3.63, 3.8) is 0 Å². The average Bonchev–Trinajstić information content (AvgIpc) is 2.62. The van der Waals surface area contributed by atoms with E-state index in [0.717, 1.165) is 0 Å². The molecule has 0 heterocycles. The minimum absolute atomic E-state index is 0.108. The summed E-state index contributed by atoms with van der Waals surface area (Å²) in [6.07, 6.45) is -8.79. The van der Waals surface area contributed by atoms with E-state index in [4.69, 9.17) is 25.2 Å². The largest absolute Gasteiger partial charge is 0.479 e. The van der Waals surface area contributed by atoms with Gasteiger partial charge < -0.3 is 40.1 Å². The zero-order valence-electron chi connectivity index (χ0n) is 14.6. The Kier molecular flexibility index (Phi) is 11.1. The van der Waals surface area contributed by atoms with Crippen molar-refractivity contribution >= 4 is 23.9 Å². The number of carboxylic acids is 2. The number of hydrogen-bond acceptors (Lipinski definition) is 10. The Morgan fingerprint density at radius 1 is 0.778 bits per heavy atom. The highest BCUT2D eigenvalue weighted by molar-refractivity contribution is 5.84. The molecular formula is C15H24O12. The van der Waals surface area contributed by atoms with Crippen LogP contribution >= 0.6 is 0 Å². The fourth-order valence-corrected chi connectivity index (χ4v) is 1.83. The van der Waals surface area contributed by atoms with Gasteiger partial charge in [0.25, 0.3) is 0 Å². The summed E-state index contributed by atoms with van der Waals surface area (Å²) < 4.78 is 9.51. The third-order valence-electron chi connectivity index (χ3n) is 3.43. The lowest BCUT2D eigenvalue weighted by Crippen LogP contribution is -2.42. The molecule has 156 valence electrons. The summed E-state index contributed by atoms with van der Waals surface area (Å²) in [6, 6.07) is 0. The molecule has 6 N–H and O–H groups in total. The third kappa shape index (κ3) is 8.77. The lowest BCUT2D eigenvalue weighted by molar-refractivity contribution is -0.176. The number of hydrogen-bond donors (Lipinski definition) is 6. The smallest absolute Gasteiger partial charge is 0.338 e. The van der Waals surface area contributed by atoms with Crippen molar-refractivity contribution in [2.24, 2.45) is 0 Å². The Balaban J connectivity index is 4.66. The summed E-state index contributed by atoms with van der Waals surface area (Å²) in [5.74, 6) is -6.41. The summed E-state index contributed by atoms with van der Waals surface area (Å²) in [4.78, 5) is 44.2. The van der Waals surface area contributed by atoms with Gasteiger partial charge in [-0.3, -0.25) is 0 Å². The van der Waals surface area contributed by atoms with Gasteiger partial charge in [-0.05, 0) is 6.42 Å². The first-order valence-electron chi connectivity index (χ1n) is 8.07. The highest BCUT2D eigenvalue weighted by Gasteiger charge is 2.33. The van der Waals surface area contributed by atoms with Gasteiger partial charge in [-0.15, -0.1) is 0 Å². The first-order valence-corrected chi connectivity index (χ1v) is 8.07. The Hall–Kier alpha value is -2.28. The Morgan fingerprint density at radius 2 is 1.26 bits per heavy atom. The van der Waals surface area contributed by atoms with Gasteiger partial charge in [-0.25, -0.2) is 19.2 Å². The van der Waals surface area contributed by atoms with E-state index in [1.165, 1.54) is 0 Å². The van der Waals surface area contributed by atoms with E-state index in [0.29, 0.717) is 12.8 Å². The van der Waals surface area contributed by atoms with Gasteiger partial charge in [0, 0.05) is 6.42 Å². The Morgan fingerprint density at radius 3 is 1.70 bits per heavy atom. The van der Waals surface area contributed by atoms with Gasteiger partial charge in [-0.2, -0.15) is 0 Å². The van der Waals surface area contributed by atoms with E-state index < -0.39 is 61.0 Å². The molecule has 0 amide bonds. The molecule has 0 rings (SSSR count). The number of carbonyl (C=O) groups is 4. The monoisotopic (exact) mass is 396 g/mol. The standard InChI is InChI=1S/C15H24O12/c1-2-3-4-7(27-15(25)11(19)9(17)13(22)23)5-6-26-14(24)10(18)8(16)12(20)21/h7-11,16-19H,2-6H2,1H3,(H,20,21)(H,22,23). The molecule has 12 nitrogen and oxygen atoms in total. The second-order valence-corrected chi connectivity index (χ2v) is 5.61. The molecule has 0 aliphatic heterocycles. The van der Waals surface area contributed by atoms with Crippen molar-refractivity contribution in [1.82, 2.24) is 0 Å². The van der Waals surface area contributed by atoms with E-state index in [9.17, 15) is 29.4 Å². The SMILES string of the molecule is CCCCC(CCOC(=O)C(O)C(O)C(=O)O)OC(=O)C(O)C(O)C(=O)O. The number of carboxylic acid groups (broad SMARTS) is 2. The van der Waals surface area contributed by atoms with Crippen molar-refractivity contribution in [3.05, 3.63) is 0 Å². The van der Waals surface area contributed by atoms with Crippen LogP contribution in [0.2, 0.25) is 0 Å². The van der Waals surface area contributed by atoms with Gasteiger partial charge in [0.15, 0.2) is 24.4 Å². The molecular weight excluding hydrogens is 372 g/mol. The second-order valence-electron chi connectivity index (χ2n) is 5.61. The predicted octanol–water partition coefficient (Wildman–Crippen LogP) is -2.37. The van der Waals surface area contributed by atoms with E-state index in [-0.39, 0.29) is 12.8 Å². The summed E-state index contributed by atoms with van der Waals surface area (Å²) in [6.45, 7) is 1.42. The first kappa shape index (κ1) is 24.7. The van der Waals surface area contributed by atoms with Crippen LogP contribution in [0, 0.1) is 0 Å². The molecule has 5 atom stereocenters. The maximum atomic E-state index is 11.7. The molecule has 12 heteroatoms. The summed E-state index contributed by atoms with van der Waals surface area (Å²) in [7, 11) is 0. The van der Waals surface area contributed by atoms with Crippen LogP contribution in [0.15, 0.2) is 0 Å². The lowest BCUT2D eigenvalue weighted by atomic mass is 10.1. The molecule has 0 saturated carbocycles. The van der Waals surface area contributed by atoms with E-state index in [1.807, 2.05) is 6.92 Å². The molecule has 5 unspecified atom stereocenters. The quantitative estimate of drug-likeness (QED) is 0.181. The van der Waals surface area contributed by atoms with Gasteiger partial charge in [0.05, 0.1) is 6.61 Å². The topological polar surface area (TPSA) is 208 Å². The third-order valence-corrected chi connectivity index (χ3v) is 3.43. The molecule has 0 aromatic rings. The van der Waals surface area contributed by atoms with Gasteiger partial charge in [0.2, 0.25) is 0 Å². The predicted molar refractivity (Wildman–Crippen MR) is 84.3 cm³/mol. The Labute approximate surface area is 153 Å². The van der Waals surface area contributed by atoms with Gasteiger partial charge in [0.1, 0.15) is 6.10 Å². The summed E-state index contributed by atoms with van der Waals surface area (Å²) in [5.41, 5.74) is 0. The molecule has 0 aliphatic rings. The zero-order chi connectivity index (χ0) is 21.1. The van der Waals surface area contributed by atoms with Crippen LogP contribution in [0.3, 0.4) is 0 Å². The van der Waals surface area contributed by atoms with E-state index in [2.05, 4.69) is 4.74 Å². The minimum atomic E-state index is -2.37. The van der Waals surface area contributed by atoms with Crippen LogP contribution < -0.4 is 0 Å². The van der Waals surface area contributed by atoms with E-state index in [1.54, 1.807) is 0 Å². The Bertz CT molecular complexity index is 519. The number of unbranched alkanes of at least 4 members (excludes halogenated alkanes) is 1. The molecule has 0 radical (unpaired) electrons. The van der Waals surface area contributed by atoms with Crippen LogP contribution in [0.4, 0.5) is 0 Å². The van der Waals surface area contributed by atoms with Gasteiger partial charge >= 0.3 is 23.9 Å². The lowest BCUT2D eigenvalue weighted by Gasteiger charge is -2.21. The number of carbonyl (C=O) groups excluding carboxylic acids is 2. The first-order chi connectivity index (χ1) is 12.5. The fourth-order valence-electron chi connectivity index (χ4n) is 1.83. The molecule has 0 aromatic heterocycles. The number of ether oxygens (including phenoxy) is 2. The highest BCUT2D eigenvalue weighted by Crippen LogP contribution is 2.12. The number of aliphatic hydroxyl groups is 4. The van der Waals surface area contributed by atoms with Crippen molar-refractivity contribution in [2.45, 2.75) is 63.1 Å². The maximum absolute atomic E-state index is 11.7. The normalized spacial score (nSPS) is 16.5. The zero-order valence-corrected chi connectivity index (χ0v) is 14.6. The second kappa shape index (κ2) is 12.2. The minimum Gasteiger partial charge on any atom is -0.479 e. The molecule has 0 fully saturated rings. The molecule has 27 heavy (non-hydrogen) atoms. The molecule has 0 aromatic carbocycles. The van der Waals surface area contributed by atoms with Crippen molar-refractivity contribution in [1.29, 1.82) is 0 Å². The number of rotatable bonds is 13. The summed E-state index contributed by atoms with van der Waals surface area (Å²) >= 11 is 0. The number of aliphatic carboxylic acids is 2. The van der Waals surface area contributed by atoms with Crippen molar-refractivity contribution in [2.75, 3.05) is 6.61 Å². The van der Waals surface area contributed by atoms with E-state index >= 15 is 0 Å². The molecule has 0 spiro atoms.